The number of benzene rings is 2. The van der Waals surface area contributed by atoms with E-state index in [-0.39, 0.29) is 17.4 Å². The molecular formula is C31H37BrN3O3+. The molecule has 6 nitrogen and oxygen atoms in total. The number of fused-ring (bicyclic) bond motifs is 4. The molecule has 1 amide bonds. The number of carbonyl (C=O) groups excluding carboxylic acids is 2. The summed E-state index contributed by atoms with van der Waals surface area (Å²) in [4.78, 5) is 32.0. The molecule has 3 fully saturated rings. The third kappa shape index (κ3) is 5.23. The average Bonchev–Trinajstić information content (AvgIpc) is 2.89. The zero-order chi connectivity index (χ0) is 27.1. The molecule has 3 aliphatic carbocycles. The van der Waals surface area contributed by atoms with E-state index in [1.807, 2.05) is 55.5 Å². The monoisotopic (exact) mass is 578 g/mol. The molecule has 0 saturated heterocycles. The third-order valence-corrected chi connectivity index (χ3v) is 9.01. The normalized spacial score (nSPS) is 22.9. The SMILES string of the molecule is Cc1c(-c2ccccc2)nc2ccc(Br)cc2c1C(=O)NC12CCC(C(=O)OCC[N+](C)(C)C)(CC1)CC2. The largest absolute Gasteiger partial charge is 0.459 e. The van der Waals surface area contributed by atoms with Gasteiger partial charge in [0.1, 0.15) is 13.2 Å². The van der Waals surface area contributed by atoms with Crippen molar-refractivity contribution < 1.29 is 18.8 Å². The minimum Gasteiger partial charge on any atom is -0.459 e. The van der Waals surface area contributed by atoms with Crippen molar-refractivity contribution in [1.29, 1.82) is 0 Å². The fraction of sp³-hybridized carbons (Fsp3) is 0.452. The van der Waals surface area contributed by atoms with Crippen LogP contribution in [-0.4, -0.2) is 61.2 Å². The maximum Gasteiger partial charge on any atom is 0.312 e. The van der Waals surface area contributed by atoms with Crippen LogP contribution >= 0.6 is 15.9 Å². The second kappa shape index (κ2) is 10.1. The van der Waals surface area contributed by atoms with E-state index < -0.39 is 5.41 Å². The Kier molecular flexibility index (Phi) is 7.12. The number of hydrogen-bond acceptors (Lipinski definition) is 4. The number of aromatic nitrogens is 1. The Balaban J connectivity index is 1.38. The zero-order valence-electron chi connectivity index (χ0n) is 22.8. The number of pyridine rings is 1. The van der Waals surface area contributed by atoms with Crippen LogP contribution in [0.15, 0.2) is 53.0 Å². The molecule has 0 unspecified atom stereocenters. The molecule has 3 aliphatic rings. The standard InChI is InChI=1S/C31H36BrN3O3/c1-21-26(24-20-23(32)10-11-25(24)33-27(21)22-8-6-5-7-9-22)28(36)34-31-15-12-30(13-16-31,14-17-31)29(37)38-19-18-35(2,3)4/h5-11,20H,12-19H2,1-4H3/p+1. The molecule has 1 N–H and O–H groups in total. The fourth-order valence-corrected chi connectivity index (χ4v) is 6.41. The van der Waals surface area contributed by atoms with Gasteiger partial charge in [-0.1, -0.05) is 46.3 Å². The van der Waals surface area contributed by atoms with Gasteiger partial charge in [-0.15, -0.1) is 0 Å². The van der Waals surface area contributed by atoms with Gasteiger partial charge in [-0.05, 0) is 69.2 Å². The number of amides is 1. The highest BCUT2D eigenvalue weighted by molar-refractivity contribution is 9.10. The first kappa shape index (κ1) is 26.8. The van der Waals surface area contributed by atoms with E-state index in [2.05, 4.69) is 42.4 Å². The summed E-state index contributed by atoms with van der Waals surface area (Å²) in [7, 11) is 6.29. The van der Waals surface area contributed by atoms with Gasteiger partial charge >= 0.3 is 5.97 Å². The van der Waals surface area contributed by atoms with Gasteiger partial charge in [-0.3, -0.25) is 9.59 Å². The molecule has 0 spiro atoms. The molecule has 6 rings (SSSR count). The molecule has 2 bridgehead atoms. The van der Waals surface area contributed by atoms with Crippen LogP contribution in [0.2, 0.25) is 0 Å². The van der Waals surface area contributed by atoms with Gasteiger partial charge in [0, 0.05) is 21.0 Å². The van der Waals surface area contributed by atoms with E-state index in [1.54, 1.807) is 0 Å². The number of carbonyl (C=O) groups is 2. The minimum absolute atomic E-state index is 0.0566. The summed E-state index contributed by atoms with van der Waals surface area (Å²) in [6, 6.07) is 15.9. The number of likely N-dealkylation sites (N-methyl/N-ethyl adjacent to an activating group) is 1. The maximum atomic E-state index is 14.0. The number of ether oxygens (including phenoxy) is 1. The molecule has 3 aromatic rings. The molecule has 0 aliphatic heterocycles. The number of nitrogens with zero attached hydrogens (tertiary/aromatic N) is 2. The van der Waals surface area contributed by atoms with Crippen molar-refractivity contribution >= 4 is 38.7 Å². The van der Waals surface area contributed by atoms with Crippen molar-refractivity contribution in [2.45, 2.75) is 51.0 Å². The highest BCUT2D eigenvalue weighted by Crippen LogP contribution is 2.53. The third-order valence-electron chi connectivity index (χ3n) is 8.52. The summed E-state index contributed by atoms with van der Waals surface area (Å²) in [6.45, 7) is 3.23. The number of halogens is 1. The molecule has 2 aromatic carbocycles. The molecule has 0 radical (unpaired) electrons. The van der Waals surface area contributed by atoms with E-state index in [4.69, 9.17) is 9.72 Å². The Morgan fingerprint density at radius 1 is 1.00 bits per heavy atom. The van der Waals surface area contributed by atoms with E-state index in [9.17, 15) is 9.59 Å². The van der Waals surface area contributed by atoms with E-state index in [1.165, 1.54) is 0 Å². The number of nitrogens with one attached hydrogen (secondary N) is 1. The highest BCUT2D eigenvalue weighted by atomic mass is 79.9. The van der Waals surface area contributed by atoms with Gasteiger partial charge in [0.15, 0.2) is 0 Å². The van der Waals surface area contributed by atoms with Crippen molar-refractivity contribution in [2.24, 2.45) is 5.41 Å². The molecular weight excluding hydrogens is 542 g/mol. The first-order valence-corrected chi connectivity index (χ1v) is 14.3. The van der Waals surface area contributed by atoms with Crippen molar-refractivity contribution in [2.75, 3.05) is 34.3 Å². The van der Waals surface area contributed by atoms with Crippen LogP contribution in [0.25, 0.3) is 22.2 Å². The van der Waals surface area contributed by atoms with Gasteiger partial charge in [0.2, 0.25) is 0 Å². The molecule has 38 heavy (non-hydrogen) atoms. The predicted molar refractivity (Wildman–Crippen MR) is 154 cm³/mol. The summed E-state index contributed by atoms with van der Waals surface area (Å²) in [5.41, 5.74) is 3.47. The zero-order valence-corrected chi connectivity index (χ0v) is 24.4. The van der Waals surface area contributed by atoms with Gasteiger partial charge < -0.3 is 14.5 Å². The predicted octanol–water partition coefficient (Wildman–Crippen LogP) is 6.04. The highest BCUT2D eigenvalue weighted by Gasteiger charge is 2.54. The first-order chi connectivity index (χ1) is 18.0. The maximum absolute atomic E-state index is 14.0. The lowest BCUT2D eigenvalue weighted by molar-refractivity contribution is -0.870. The lowest BCUT2D eigenvalue weighted by Crippen LogP contribution is -2.58. The van der Waals surface area contributed by atoms with E-state index in [0.717, 1.165) is 81.7 Å². The lowest BCUT2D eigenvalue weighted by Gasteiger charge is -2.52. The van der Waals surface area contributed by atoms with E-state index >= 15 is 0 Å². The van der Waals surface area contributed by atoms with Gasteiger partial charge in [-0.25, -0.2) is 4.98 Å². The first-order valence-electron chi connectivity index (χ1n) is 13.5. The topological polar surface area (TPSA) is 68.3 Å². The van der Waals surface area contributed by atoms with Crippen molar-refractivity contribution in [1.82, 2.24) is 10.3 Å². The van der Waals surface area contributed by atoms with Gasteiger partial charge in [-0.2, -0.15) is 0 Å². The van der Waals surface area contributed by atoms with E-state index in [0.29, 0.717) is 12.2 Å². The Bertz CT molecular complexity index is 1360. The van der Waals surface area contributed by atoms with Crippen LogP contribution in [0.3, 0.4) is 0 Å². The summed E-state index contributed by atoms with van der Waals surface area (Å²) < 4.78 is 7.41. The van der Waals surface area contributed by atoms with Crippen LogP contribution < -0.4 is 5.32 Å². The second-order valence-electron chi connectivity index (χ2n) is 12.2. The second-order valence-corrected chi connectivity index (χ2v) is 13.1. The Hall–Kier alpha value is -2.77. The quantitative estimate of drug-likeness (QED) is 0.274. The minimum atomic E-state index is -0.401. The Morgan fingerprint density at radius 2 is 1.66 bits per heavy atom. The lowest BCUT2D eigenvalue weighted by atomic mass is 9.57. The van der Waals surface area contributed by atoms with Gasteiger partial charge in [0.25, 0.3) is 5.91 Å². The van der Waals surface area contributed by atoms with Gasteiger partial charge in [0.05, 0.1) is 43.3 Å². The molecule has 200 valence electrons. The summed E-state index contributed by atoms with van der Waals surface area (Å²) in [5.74, 6) is -0.121. The summed E-state index contributed by atoms with van der Waals surface area (Å²) >= 11 is 3.58. The van der Waals surface area contributed by atoms with Crippen LogP contribution in [0.4, 0.5) is 0 Å². The van der Waals surface area contributed by atoms with Crippen LogP contribution in [0, 0.1) is 12.3 Å². The van der Waals surface area contributed by atoms with Crippen LogP contribution in [-0.2, 0) is 9.53 Å². The molecule has 1 aromatic heterocycles. The molecule has 1 heterocycles. The van der Waals surface area contributed by atoms with Crippen molar-refractivity contribution in [3.8, 4) is 11.3 Å². The fourth-order valence-electron chi connectivity index (χ4n) is 6.05. The number of quaternary nitrogens is 1. The summed E-state index contributed by atoms with van der Waals surface area (Å²) in [6.07, 6.45) is 4.65. The Morgan fingerprint density at radius 3 is 2.29 bits per heavy atom. The molecule has 7 heteroatoms. The van der Waals surface area contributed by atoms with Crippen molar-refractivity contribution in [3.05, 3.63) is 64.1 Å². The molecule has 0 atom stereocenters. The molecule has 3 saturated carbocycles. The number of hydrogen-bond donors (Lipinski definition) is 1. The smallest absolute Gasteiger partial charge is 0.312 e. The number of rotatable bonds is 7. The van der Waals surface area contributed by atoms with Crippen LogP contribution in [0.1, 0.15) is 54.4 Å². The Labute approximate surface area is 233 Å². The van der Waals surface area contributed by atoms with Crippen LogP contribution in [0.5, 0.6) is 0 Å². The van der Waals surface area contributed by atoms with Crippen molar-refractivity contribution in [3.63, 3.8) is 0 Å². The average molecular weight is 580 g/mol. The summed E-state index contributed by atoms with van der Waals surface area (Å²) in [5, 5.41) is 4.29. The number of esters is 1.